The molecule has 1 aromatic carbocycles. The van der Waals surface area contributed by atoms with Crippen LogP contribution in [0.25, 0.3) is 11.0 Å². The zero-order valence-electron chi connectivity index (χ0n) is 12.8. The number of para-hydroxylation sites is 2. The first-order valence-corrected chi connectivity index (χ1v) is 8.11. The molecule has 0 bridgehead atoms. The number of rotatable bonds is 9. The Morgan fingerprint density at radius 2 is 2.19 bits per heavy atom. The van der Waals surface area contributed by atoms with E-state index in [-0.39, 0.29) is 0 Å². The Balaban J connectivity index is 1.43. The van der Waals surface area contributed by atoms with Crippen LogP contribution in [0.3, 0.4) is 0 Å². The fraction of sp³-hybridized carbons (Fsp3) is 0.588. The van der Waals surface area contributed by atoms with E-state index >= 15 is 0 Å². The molecule has 1 saturated carbocycles. The van der Waals surface area contributed by atoms with Crippen molar-refractivity contribution < 1.29 is 4.74 Å². The third-order valence-electron chi connectivity index (χ3n) is 4.03. The maximum absolute atomic E-state index is 5.64. The van der Waals surface area contributed by atoms with Crippen molar-refractivity contribution in [2.24, 2.45) is 5.92 Å². The van der Waals surface area contributed by atoms with Gasteiger partial charge < -0.3 is 14.6 Å². The molecule has 1 N–H and O–H groups in total. The average Bonchev–Trinajstić information content (AvgIpc) is 3.26. The van der Waals surface area contributed by atoms with Crippen molar-refractivity contribution in [3.05, 3.63) is 30.1 Å². The molecular formula is C17H25N3O. The molecule has 0 spiro atoms. The second-order valence-corrected chi connectivity index (χ2v) is 5.81. The van der Waals surface area contributed by atoms with Gasteiger partial charge in [0.2, 0.25) is 0 Å². The minimum atomic E-state index is 0.825. The van der Waals surface area contributed by atoms with Crippen LogP contribution in [-0.4, -0.2) is 29.3 Å². The molecule has 1 aromatic heterocycles. The fourth-order valence-corrected chi connectivity index (χ4v) is 2.65. The van der Waals surface area contributed by atoms with Gasteiger partial charge in [-0.15, -0.1) is 0 Å². The molecule has 1 fully saturated rings. The molecular weight excluding hydrogens is 262 g/mol. The molecule has 2 aromatic rings. The van der Waals surface area contributed by atoms with Gasteiger partial charge >= 0.3 is 0 Å². The van der Waals surface area contributed by atoms with Gasteiger partial charge in [0.15, 0.2) is 0 Å². The number of hydrogen-bond acceptors (Lipinski definition) is 3. The van der Waals surface area contributed by atoms with Gasteiger partial charge in [-0.1, -0.05) is 12.1 Å². The highest BCUT2D eigenvalue weighted by molar-refractivity contribution is 5.75. The number of aryl methyl sites for hydroxylation is 1. The summed E-state index contributed by atoms with van der Waals surface area (Å²) in [6.07, 6.45) is 3.80. The zero-order valence-corrected chi connectivity index (χ0v) is 12.8. The third-order valence-corrected chi connectivity index (χ3v) is 4.03. The van der Waals surface area contributed by atoms with Gasteiger partial charge in [0, 0.05) is 19.8 Å². The van der Waals surface area contributed by atoms with E-state index in [2.05, 4.69) is 35.0 Å². The summed E-state index contributed by atoms with van der Waals surface area (Å²) in [5.41, 5.74) is 2.31. The van der Waals surface area contributed by atoms with E-state index in [1.165, 1.54) is 18.4 Å². The smallest absolute Gasteiger partial charge is 0.123 e. The molecule has 21 heavy (non-hydrogen) atoms. The maximum atomic E-state index is 5.64. The van der Waals surface area contributed by atoms with Gasteiger partial charge in [-0.3, -0.25) is 0 Å². The largest absolute Gasteiger partial charge is 0.381 e. The van der Waals surface area contributed by atoms with Gasteiger partial charge in [0.05, 0.1) is 17.6 Å². The van der Waals surface area contributed by atoms with Crippen molar-refractivity contribution in [3.63, 3.8) is 0 Å². The van der Waals surface area contributed by atoms with Gasteiger partial charge in [0.25, 0.3) is 0 Å². The quantitative estimate of drug-likeness (QED) is 0.721. The summed E-state index contributed by atoms with van der Waals surface area (Å²) in [7, 11) is 0. The molecule has 0 radical (unpaired) electrons. The average molecular weight is 287 g/mol. The lowest BCUT2D eigenvalue weighted by atomic mass is 10.3. The van der Waals surface area contributed by atoms with E-state index in [0.717, 1.165) is 56.5 Å². The molecule has 0 amide bonds. The maximum Gasteiger partial charge on any atom is 0.123 e. The van der Waals surface area contributed by atoms with Crippen molar-refractivity contribution >= 4 is 11.0 Å². The summed E-state index contributed by atoms with van der Waals surface area (Å²) in [5.74, 6) is 1.99. The lowest BCUT2D eigenvalue weighted by Crippen LogP contribution is -2.19. The Kier molecular flexibility index (Phi) is 4.88. The molecule has 0 atom stereocenters. The van der Waals surface area contributed by atoms with Gasteiger partial charge in [-0.05, 0) is 50.8 Å². The first-order chi connectivity index (χ1) is 10.4. The second kappa shape index (κ2) is 7.05. The van der Waals surface area contributed by atoms with E-state index < -0.39 is 0 Å². The predicted octanol–water partition coefficient (Wildman–Crippen LogP) is 2.96. The number of nitrogens with one attached hydrogen (secondary N) is 1. The Morgan fingerprint density at radius 1 is 1.33 bits per heavy atom. The minimum Gasteiger partial charge on any atom is -0.381 e. The summed E-state index contributed by atoms with van der Waals surface area (Å²) in [4.78, 5) is 4.72. The molecule has 1 heterocycles. The molecule has 1 aliphatic rings. The van der Waals surface area contributed by atoms with Crippen LogP contribution in [0.4, 0.5) is 0 Å². The first kappa shape index (κ1) is 14.5. The molecule has 114 valence electrons. The minimum absolute atomic E-state index is 0.825. The van der Waals surface area contributed by atoms with E-state index in [0.29, 0.717) is 0 Å². The van der Waals surface area contributed by atoms with Gasteiger partial charge in [-0.2, -0.15) is 0 Å². The van der Waals surface area contributed by atoms with Crippen LogP contribution < -0.4 is 5.32 Å². The highest BCUT2D eigenvalue weighted by Gasteiger charge is 2.20. The molecule has 0 saturated heterocycles. The number of ether oxygens (including phenoxy) is 1. The molecule has 4 nitrogen and oxygen atoms in total. The highest BCUT2D eigenvalue weighted by Crippen LogP contribution is 2.28. The van der Waals surface area contributed by atoms with E-state index in [4.69, 9.17) is 9.72 Å². The number of benzene rings is 1. The molecule has 0 unspecified atom stereocenters. The molecule has 3 rings (SSSR count). The summed E-state index contributed by atoms with van der Waals surface area (Å²) < 4.78 is 7.93. The lowest BCUT2D eigenvalue weighted by Gasteiger charge is -2.08. The van der Waals surface area contributed by atoms with Gasteiger partial charge in [0.1, 0.15) is 5.82 Å². The zero-order chi connectivity index (χ0) is 14.5. The van der Waals surface area contributed by atoms with Crippen molar-refractivity contribution in [3.8, 4) is 0 Å². The molecule has 1 aliphatic carbocycles. The van der Waals surface area contributed by atoms with Crippen molar-refractivity contribution in [1.82, 2.24) is 14.9 Å². The SMILES string of the molecule is CCn1c(CNCCCOCC2CC2)nc2ccccc21. The summed E-state index contributed by atoms with van der Waals surface area (Å²) in [5, 5.41) is 3.48. The number of nitrogens with zero attached hydrogens (tertiary/aromatic N) is 2. The summed E-state index contributed by atoms with van der Waals surface area (Å²) in [6.45, 7) is 6.77. The van der Waals surface area contributed by atoms with Crippen molar-refractivity contribution in [2.75, 3.05) is 19.8 Å². The fourth-order valence-electron chi connectivity index (χ4n) is 2.65. The van der Waals surface area contributed by atoms with E-state index in [9.17, 15) is 0 Å². The Bertz CT molecular complexity index is 574. The first-order valence-electron chi connectivity index (χ1n) is 8.11. The van der Waals surface area contributed by atoms with Crippen LogP contribution in [0, 0.1) is 5.92 Å². The van der Waals surface area contributed by atoms with Crippen LogP contribution in [-0.2, 0) is 17.8 Å². The van der Waals surface area contributed by atoms with E-state index in [1.54, 1.807) is 0 Å². The van der Waals surface area contributed by atoms with Crippen molar-refractivity contribution in [2.45, 2.75) is 39.3 Å². The summed E-state index contributed by atoms with van der Waals surface area (Å²) >= 11 is 0. The number of fused-ring (bicyclic) bond motifs is 1. The number of hydrogen-bond donors (Lipinski definition) is 1. The Labute approximate surface area is 126 Å². The van der Waals surface area contributed by atoms with Crippen LogP contribution in [0.15, 0.2) is 24.3 Å². The van der Waals surface area contributed by atoms with Crippen molar-refractivity contribution in [1.29, 1.82) is 0 Å². The monoisotopic (exact) mass is 287 g/mol. The normalized spacial score (nSPS) is 14.9. The third kappa shape index (κ3) is 3.83. The predicted molar refractivity (Wildman–Crippen MR) is 85.3 cm³/mol. The van der Waals surface area contributed by atoms with E-state index in [1.807, 2.05) is 6.07 Å². The Morgan fingerprint density at radius 3 is 3.00 bits per heavy atom. The number of aromatic nitrogens is 2. The lowest BCUT2D eigenvalue weighted by molar-refractivity contribution is 0.122. The van der Waals surface area contributed by atoms with Gasteiger partial charge in [-0.25, -0.2) is 4.98 Å². The van der Waals surface area contributed by atoms with Crippen LogP contribution in [0.2, 0.25) is 0 Å². The highest BCUT2D eigenvalue weighted by atomic mass is 16.5. The summed E-state index contributed by atoms with van der Waals surface area (Å²) in [6, 6.07) is 8.34. The molecule has 0 aliphatic heterocycles. The molecule has 4 heteroatoms. The Hall–Kier alpha value is -1.39. The van der Waals surface area contributed by atoms with Crippen LogP contribution in [0.5, 0.6) is 0 Å². The van der Waals surface area contributed by atoms with Crippen LogP contribution in [0.1, 0.15) is 32.0 Å². The number of imidazole rings is 1. The second-order valence-electron chi connectivity index (χ2n) is 5.81. The topological polar surface area (TPSA) is 39.1 Å². The van der Waals surface area contributed by atoms with Crippen LogP contribution >= 0.6 is 0 Å². The standard InChI is InChI=1S/C17H25N3O/c1-2-20-16-7-4-3-6-15(16)19-17(20)12-18-10-5-11-21-13-14-8-9-14/h3-4,6-7,14,18H,2,5,8-13H2,1H3.